The number of nitrogens with zero attached hydrogens (tertiary/aromatic N) is 1. The van der Waals surface area contributed by atoms with Crippen LogP contribution in [0.15, 0.2) is 4.40 Å². The van der Waals surface area contributed by atoms with Gasteiger partial charge in [-0.15, -0.1) is 0 Å². The van der Waals surface area contributed by atoms with Gasteiger partial charge in [0.05, 0.1) is 0 Å². The topological polar surface area (TPSA) is 12.4 Å². The van der Waals surface area contributed by atoms with Gasteiger partial charge in [-0.05, 0) is 39.4 Å². The lowest BCUT2D eigenvalue weighted by molar-refractivity contribution is 0.804. The molecule has 2 heteroatoms. The lowest BCUT2D eigenvalue weighted by atomic mass is 10.3. The first-order valence-electron chi connectivity index (χ1n) is 2.20. The Labute approximate surface area is 49.4 Å². The van der Waals surface area contributed by atoms with Crippen LogP contribution >= 0.6 is 11.9 Å². The van der Waals surface area contributed by atoms with Crippen molar-refractivity contribution >= 4 is 18.7 Å². The smallest absolute Gasteiger partial charge is 0.0294 e. The second-order valence-corrected chi connectivity index (χ2v) is 4.00. The van der Waals surface area contributed by atoms with Crippen molar-refractivity contribution < 1.29 is 0 Å². The lowest BCUT2D eigenvalue weighted by Crippen LogP contribution is -2.04. The van der Waals surface area contributed by atoms with E-state index in [9.17, 15) is 0 Å². The molecule has 0 aromatic heterocycles. The Kier molecular flexibility index (Phi) is 2.37. The van der Waals surface area contributed by atoms with Crippen molar-refractivity contribution in [3.8, 4) is 0 Å². The summed E-state index contributed by atoms with van der Waals surface area (Å²) in [5.41, 5.74) is 0. The van der Waals surface area contributed by atoms with E-state index in [-0.39, 0.29) is 4.75 Å². The largest absolute Gasteiger partial charge is 0.232 e. The fourth-order valence-corrected chi connectivity index (χ4v) is 0.581. The van der Waals surface area contributed by atoms with Crippen LogP contribution in [-0.4, -0.2) is 11.5 Å². The fraction of sp³-hybridized carbons (Fsp3) is 0.800. The number of hydrogen-bond acceptors (Lipinski definition) is 2. The molecule has 0 spiro atoms. The third kappa shape index (κ3) is 6.02. The van der Waals surface area contributed by atoms with E-state index in [2.05, 4.69) is 31.9 Å². The van der Waals surface area contributed by atoms with Gasteiger partial charge in [-0.25, -0.2) is 4.40 Å². The van der Waals surface area contributed by atoms with E-state index in [1.165, 1.54) is 11.9 Å². The molecule has 0 N–H and O–H groups in total. The van der Waals surface area contributed by atoms with Gasteiger partial charge in [0.2, 0.25) is 0 Å². The maximum absolute atomic E-state index is 3.67. The summed E-state index contributed by atoms with van der Waals surface area (Å²) < 4.78 is 3.91. The lowest BCUT2D eigenvalue weighted by Gasteiger charge is -2.11. The predicted molar refractivity (Wildman–Crippen MR) is 36.9 cm³/mol. The highest BCUT2D eigenvalue weighted by Gasteiger charge is 2.07. The Bertz CT molecular complexity index is 63.0. The minimum atomic E-state index is 0.238. The number of hydrogen-bond donors (Lipinski definition) is 0. The standard InChI is InChI=1S/C5H11NS/c1-5(2,3)7-6-4/h4H2,1-3H3. The molecule has 1 nitrogen and oxygen atoms in total. The van der Waals surface area contributed by atoms with Crippen LogP contribution < -0.4 is 0 Å². The first-order chi connectivity index (χ1) is 3.06. The zero-order chi connectivity index (χ0) is 5.91. The molecule has 0 aromatic carbocycles. The van der Waals surface area contributed by atoms with E-state index in [0.29, 0.717) is 0 Å². The van der Waals surface area contributed by atoms with Gasteiger partial charge in [0.1, 0.15) is 0 Å². The Morgan fingerprint density at radius 3 is 1.86 bits per heavy atom. The van der Waals surface area contributed by atoms with E-state index in [0.717, 1.165) is 0 Å². The van der Waals surface area contributed by atoms with Crippen LogP contribution in [0.5, 0.6) is 0 Å². The predicted octanol–water partition coefficient (Wildman–Crippen LogP) is 2.13. The van der Waals surface area contributed by atoms with E-state index >= 15 is 0 Å². The third-order valence-electron chi connectivity index (χ3n) is 0.338. The minimum Gasteiger partial charge on any atom is -0.232 e. The Morgan fingerprint density at radius 1 is 1.43 bits per heavy atom. The monoisotopic (exact) mass is 117 g/mol. The highest BCUT2D eigenvalue weighted by Crippen LogP contribution is 2.22. The molecular formula is C5H11NS. The quantitative estimate of drug-likeness (QED) is 0.378. The molecule has 7 heavy (non-hydrogen) atoms. The van der Waals surface area contributed by atoms with Crippen LogP contribution in [-0.2, 0) is 0 Å². The summed E-state index contributed by atoms with van der Waals surface area (Å²) in [6, 6.07) is 0. The molecule has 0 aliphatic heterocycles. The summed E-state index contributed by atoms with van der Waals surface area (Å²) in [5, 5.41) is 0. The van der Waals surface area contributed by atoms with Gasteiger partial charge in [0, 0.05) is 4.75 Å². The Balaban J connectivity index is 3.34. The van der Waals surface area contributed by atoms with E-state index in [4.69, 9.17) is 0 Å². The molecule has 0 unspecified atom stereocenters. The maximum atomic E-state index is 3.67. The molecule has 0 atom stereocenters. The molecule has 0 aliphatic carbocycles. The van der Waals surface area contributed by atoms with E-state index < -0.39 is 0 Å². The Morgan fingerprint density at radius 2 is 1.86 bits per heavy atom. The molecule has 0 rings (SSSR count). The molecule has 0 amide bonds. The van der Waals surface area contributed by atoms with Crippen molar-refractivity contribution in [3.05, 3.63) is 0 Å². The van der Waals surface area contributed by atoms with Crippen LogP contribution in [0, 0.1) is 0 Å². The molecule has 0 aromatic rings. The third-order valence-corrected chi connectivity index (χ3v) is 1.02. The summed E-state index contributed by atoms with van der Waals surface area (Å²) >= 11 is 1.50. The molecule has 0 heterocycles. The molecule has 0 bridgehead atoms. The average Bonchev–Trinajstić information content (AvgIpc) is 1.30. The maximum Gasteiger partial charge on any atom is 0.0294 e. The van der Waals surface area contributed by atoms with Crippen LogP contribution in [0.4, 0.5) is 0 Å². The van der Waals surface area contributed by atoms with Gasteiger partial charge in [0.15, 0.2) is 0 Å². The van der Waals surface area contributed by atoms with E-state index in [1.807, 2.05) is 0 Å². The van der Waals surface area contributed by atoms with Gasteiger partial charge in [0.25, 0.3) is 0 Å². The highest BCUT2D eigenvalue weighted by molar-refractivity contribution is 7.99. The van der Waals surface area contributed by atoms with Crippen molar-refractivity contribution in [2.24, 2.45) is 4.40 Å². The highest BCUT2D eigenvalue weighted by atomic mass is 32.2. The number of rotatable bonds is 1. The van der Waals surface area contributed by atoms with Crippen LogP contribution in [0.25, 0.3) is 0 Å². The summed E-state index contributed by atoms with van der Waals surface area (Å²) in [4.78, 5) is 0. The zero-order valence-electron chi connectivity index (χ0n) is 5.06. The second-order valence-electron chi connectivity index (χ2n) is 2.33. The summed E-state index contributed by atoms with van der Waals surface area (Å²) in [6.07, 6.45) is 0. The van der Waals surface area contributed by atoms with Crippen molar-refractivity contribution in [1.82, 2.24) is 0 Å². The second kappa shape index (κ2) is 2.36. The minimum absolute atomic E-state index is 0.238. The molecule has 0 radical (unpaired) electrons. The Hall–Kier alpha value is 0.0200. The van der Waals surface area contributed by atoms with Crippen molar-refractivity contribution in [3.63, 3.8) is 0 Å². The normalized spacial score (nSPS) is 11.3. The molecule has 0 saturated heterocycles. The molecule has 42 valence electrons. The van der Waals surface area contributed by atoms with Crippen LogP contribution in [0.2, 0.25) is 0 Å². The van der Waals surface area contributed by atoms with Gasteiger partial charge >= 0.3 is 0 Å². The van der Waals surface area contributed by atoms with Crippen molar-refractivity contribution in [1.29, 1.82) is 0 Å². The summed E-state index contributed by atoms with van der Waals surface area (Å²) in [5.74, 6) is 0. The molecule has 0 fully saturated rings. The van der Waals surface area contributed by atoms with Gasteiger partial charge in [-0.2, -0.15) is 0 Å². The van der Waals surface area contributed by atoms with E-state index in [1.54, 1.807) is 0 Å². The first kappa shape index (κ1) is 7.02. The fourth-order valence-electron chi connectivity index (χ4n) is 0.194. The molecular weight excluding hydrogens is 106 g/mol. The molecule has 0 saturated carbocycles. The van der Waals surface area contributed by atoms with Crippen molar-refractivity contribution in [2.75, 3.05) is 0 Å². The zero-order valence-corrected chi connectivity index (χ0v) is 5.88. The summed E-state index contributed by atoms with van der Waals surface area (Å²) in [7, 11) is 0. The molecule has 0 aliphatic rings. The van der Waals surface area contributed by atoms with Gasteiger partial charge < -0.3 is 0 Å². The van der Waals surface area contributed by atoms with Crippen LogP contribution in [0.1, 0.15) is 20.8 Å². The van der Waals surface area contributed by atoms with Crippen LogP contribution in [0.3, 0.4) is 0 Å². The average molecular weight is 117 g/mol. The summed E-state index contributed by atoms with van der Waals surface area (Å²) in [6.45, 7) is 9.67. The van der Waals surface area contributed by atoms with Gasteiger partial charge in [-0.3, -0.25) is 0 Å². The SMILES string of the molecule is C=NSC(C)(C)C. The first-order valence-corrected chi connectivity index (χ1v) is 2.98. The van der Waals surface area contributed by atoms with Crippen molar-refractivity contribution in [2.45, 2.75) is 25.5 Å². The van der Waals surface area contributed by atoms with Gasteiger partial charge in [-0.1, -0.05) is 0 Å².